The van der Waals surface area contributed by atoms with Crippen molar-refractivity contribution in [2.75, 3.05) is 18.0 Å². The molecule has 25 heavy (non-hydrogen) atoms. The molecule has 1 N–H and O–H groups in total. The van der Waals surface area contributed by atoms with Gasteiger partial charge in [-0.05, 0) is 36.6 Å². The van der Waals surface area contributed by atoms with Gasteiger partial charge in [-0.15, -0.1) is 0 Å². The molecule has 7 nitrogen and oxygen atoms in total. The van der Waals surface area contributed by atoms with Gasteiger partial charge in [0.15, 0.2) is 0 Å². The summed E-state index contributed by atoms with van der Waals surface area (Å²) in [5, 5.41) is 14.6. The summed E-state index contributed by atoms with van der Waals surface area (Å²) in [5.41, 5.74) is 4.49. The third-order valence-electron chi connectivity index (χ3n) is 4.06. The van der Waals surface area contributed by atoms with Crippen LogP contribution in [0.25, 0.3) is 0 Å². The van der Waals surface area contributed by atoms with Gasteiger partial charge in [0.2, 0.25) is 0 Å². The zero-order chi connectivity index (χ0) is 17.6. The lowest BCUT2D eigenvalue weighted by Crippen LogP contribution is -2.18. The van der Waals surface area contributed by atoms with Crippen molar-refractivity contribution in [3.63, 3.8) is 0 Å². The molecule has 2 aromatic carbocycles. The molecule has 128 valence electrons. The lowest BCUT2D eigenvalue weighted by molar-refractivity contribution is -0.384. The smallest absolute Gasteiger partial charge is 0.271 e. The van der Waals surface area contributed by atoms with Crippen molar-refractivity contribution in [2.24, 2.45) is 5.10 Å². The number of nitro groups is 1. The number of hydrazone groups is 1. The Kier molecular flexibility index (Phi) is 5.03. The van der Waals surface area contributed by atoms with Crippen molar-refractivity contribution in [3.8, 4) is 0 Å². The van der Waals surface area contributed by atoms with Crippen LogP contribution >= 0.6 is 0 Å². The molecule has 0 saturated carbocycles. The third-order valence-corrected chi connectivity index (χ3v) is 4.06. The summed E-state index contributed by atoms with van der Waals surface area (Å²) in [6.07, 6.45) is 4.00. The molecule has 1 fully saturated rings. The second kappa shape index (κ2) is 7.57. The predicted octanol–water partition coefficient (Wildman–Crippen LogP) is 2.96. The van der Waals surface area contributed by atoms with E-state index < -0.39 is 10.8 Å². The van der Waals surface area contributed by atoms with Crippen molar-refractivity contribution in [1.29, 1.82) is 0 Å². The van der Waals surface area contributed by atoms with Gasteiger partial charge in [-0.1, -0.05) is 18.2 Å². The Balaban J connectivity index is 1.59. The first-order chi connectivity index (χ1) is 12.1. The van der Waals surface area contributed by atoms with Gasteiger partial charge in [0.05, 0.1) is 11.1 Å². The van der Waals surface area contributed by atoms with Crippen LogP contribution in [-0.2, 0) is 0 Å². The molecule has 0 aromatic heterocycles. The molecule has 7 heteroatoms. The number of nitrogens with one attached hydrogen (secondary N) is 1. The van der Waals surface area contributed by atoms with E-state index in [0.717, 1.165) is 18.7 Å². The minimum absolute atomic E-state index is 0.130. The van der Waals surface area contributed by atoms with E-state index in [9.17, 15) is 14.9 Å². The molecule has 0 atom stereocenters. The standard InChI is InChI=1S/C18H18N4O3/c23-18(15-4-3-5-17(12-15)22(24)25)20-19-13-14-6-8-16(9-7-14)21-10-1-2-11-21/h3-9,12-13H,1-2,10-11H2,(H,20,23). The van der Waals surface area contributed by atoms with E-state index in [2.05, 4.69) is 15.4 Å². The van der Waals surface area contributed by atoms with Gasteiger partial charge < -0.3 is 4.90 Å². The highest BCUT2D eigenvalue weighted by atomic mass is 16.6. The summed E-state index contributed by atoms with van der Waals surface area (Å²) in [4.78, 5) is 24.5. The number of carbonyl (C=O) groups excluding carboxylic acids is 1. The van der Waals surface area contributed by atoms with Gasteiger partial charge in [-0.2, -0.15) is 5.10 Å². The minimum Gasteiger partial charge on any atom is -0.372 e. The largest absolute Gasteiger partial charge is 0.372 e. The fourth-order valence-corrected chi connectivity index (χ4v) is 2.74. The number of non-ortho nitro benzene ring substituents is 1. The van der Waals surface area contributed by atoms with Crippen LogP contribution in [0.1, 0.15) is 28.8 Å². The number of amides is 1. The second-order valence-electron chi connectivity index (χ2n) is 5.79. The molecule has 1 amide bonds. The summed E-state index contributed by atoms with van der Waals surface area (Å²) >= 11 is 0. The number of hydrogen-bond acceptors (Lipinski definition) is 5. The first-order valence-electron chi connectivity index (χ1n) is 8.06. The van der Waals surface area contributed by atoms with Gasteiger partial charge in [-0.3, -0.25) is 14.9 Å². The monoisotopic (exact) mass is 338 g/mol. The summed E-state index contributed by atoms with van der Waals surface area (Å²) in [7, 11) is 0. The third kappa shape index (κ3) is 4.20. The van der Waals surface area contributed by atoms with E-state index in [1.807, 2.05) is 24.3 Å². The Bertz CT molecular complexity index is 796. The SMILES string of the molecule is O=C(NN=Cc1ccc(N2CCCC2)cc1)c1cccc([N+](=O)[O-])c1. The van der Waals surface area contributed by atoms with E-state index >= 15 is 0 Å². The number of nitro benzene ring substituents is 1. The van der Waals surface area contributed by atoms with Crippen molar-refractivity contribution >= 4 is 23.5 Å². The van der Waals surface area contributed by atoms with Gasteiger partial charge in [-0.25, -0.2) is 5.43 Å². The molecule has 1 aliphatic heterocycles. The van der Waals surface area contributed by atoms with Crippen molar-refractivity contribution in [2.45, 2.75) is 12.8 Å². The number of carbonyl (C=O) groups is 1. The molecule has 0 radical (unpaired) electrons. The molecule has 3 rings (SSSR count). The zero-order valence-electron chi connectivity index (χ0n) is 13.6. The predicted molar refractivity (Wildman–Crippen MR) is 96.0 cm³/mol. The highest BCUT2D eigenvalue weighted by Crippen LogP contribution is 2.20. The second-order valence-corrected chi connectivity index (χ2v) is 5.79. The van der Waals surface area contributed by atoms with E-state index in [1.165, 1.54) is 42.8 Å². The van der Waals surface area contributed by atoms with Crippen molar-refractivity contribution in [3.05, 3.63) is 69.8 Å². The minimum atomic E-state index is -0.540. The molecule has 1 aliphatic rings. The van der Waals surface area contributed by atoms with E-state index in [4.69, 9.17) is 0 Å². The van der Waals surface area contributed by atoms with Crippen LogP contribution in [0, 0.1) is 10.1 Å². The molecule has 0 bridgehead atoms. The molecular formula is C18H18N4O3. The van der Waals surface area contributed by atoms with Crippen LogP contribution in [0.15, 0.2) is 53.6 Å². The fraction of sp³-hybridized carbons (Fsp3) is 0.222. The molecule has 1 saturated heterocycles. The van der Waals surface area contributed by atoms with Gasteiger partial charge in [0.25, 0.3) is 11.6 Å². The lowest BCUT2D eigenvalue weighted by atomic mass is 10.2. The fourth-order valence-electron chi connectivity index (χ4n) is 2.74. The van der Waals surface area contributed by atoms with E-state index in [0.29, 0.717) is 0 Å². The summed E-state index contributed by atoms with van der Waals surface area (Å²) < 4.78 is 0. The van der Waals surface area contributed by atoms with Crippen LogP contribution in [0.3, 0.4) is 0 Å². The quantitative estimate of drug-likeness (QED) is 0.516. The van der Waals surface area contributed by atoms with Crippen LogP contribution in [-0.4, -0.2) is 30.1 Å². The average molecular weight is 338 g/mol. The number of hydrogen-bond donors (Lipinski definition) is 1. The van der Waals surface area contributed by atoms with Crippen LogP contribution in [0.4, 0.5) is 11.4 Å². The number of anilines is 1. The van der Waals surface area contributed by atoms with Crippen molar-refractivity contribution in [1.82, 2.24) is 5.43 Å². The maximum atomic E-state index is 12.0. The summed E-state index contributed by atoms with van der Waals surface area (Å²) in [6, 6.07) is 13.5. The highest BCUT2D eigenvalue weighted by Gasteiger charge is 2.12. The van der Waals surface area contributed by atoms with Crippen LogP contribution < -0.4 is 10.3 Å². The Hall–Kier alpha value is -3.22. The summed E-state index contributed by atoms with van der Waals surface area (Å²) in [5.74, 6) is -0.492. The molecule has 0 unspecified atom stereocenters. The Morgan fingerprint density at radius 1 is 1.16 bits per heavy atom. The number of benzene rings is 2. The highest BCUT2D eigenvalue weighted by molar-refractivity contribution is 5.95. The van der Waals surface area contributed by atoms with Crippen LogP contribution in [0.5, 0.6) is 0 Å². The molecule has 2 aromatic rings. The van der Waals surface area contributed by atoms with E-state index in [1.54, 1.807) is 6.21 Å². The van der Waals surface area contributed by atoms with Crippen LogP contribution in [0.2, 0.25) is 0 Å². The first-order valence-corrected chi connectivity index (χ1v) is 8.06. The molecule has 0 aliphatic carbocycles. The number of rotatable bonds is 5. The van der Waals surface area contributed by atoms with Gasteiger partial charge in [0.1, 0.15) is 0 Å². The zero-order valence-corrected chi connectivity index (χ0v) is 13.6. The first kappa shape index (κ1) is 16.6. The lowest BCUT2D eigenvalue weighted by Gasteiger charge is -2.17. The Labute approximate surface area is 145 Å². The maximum Gasteiger partial charge on any atom is 0.271 e. The normalized spacial score (nSPS) is 14.0. The Morgan fingerprint density at radius 2 is 1.88 bits per heavy atom. The molecule has 1 heterocycles. The van der Waals surface area contributed by atoms with E-state index in [-0.39, 0.29) is 11.3 Å². The maximum absolute atomic E-state index is 12.0. The molecule has 0 spiro atoms. The average Bonchev–Trinajstić information content (AvgIpc) is 3.17. The van der Waals surface area contributed by atoms with Gasteiger partial charge in [0, 0.05) is 36.5 Å². The van der Waals surface area contributed by atoms with Gasteiger partial charge >= 0.3 is 0 Å². The summed E-state index contributed by atoms with van der Waals surface area (Å²) in [6.45, 7) is 2.18. The Morgan fingerprint density at radius 3 is 2.56 bits per heavy atom. The topological polar surface area (TPSA) is 87.8 Å². The molecular weight excluding hydrogens is 320 g/mol. The number of nitrogens with zero attached hydrogens (tertiary/aromatic N) is 3. The van der Waals surface area contributed by atoms with Crippen molar-refractivity contribution < 1.29 is 9.72 Å².